The van der Waals surface area contributed by atoms with Crippen LogP contribution in [0.1, 0.15) is 148 Å². The van der Waals surface area contributed by atoms with Crippen molar-refractivity contribution in [1.82, 2.24) is 79.0 Å². The van der Waals surface area contributed by atoms with Gasteiger partial charge in [0.1, 0.15) is 89.6 Å². The molecule has 4 aromatic rings. The number of unbranched alkanes of at least 4 members (excludes halogenated alkanes) is 1. The van der Waals surface area contributed by atoms with E-state index in [4.69, 9.17) is 27.4 Å². The Hall–Kier alpha value is -14.5. The minimum Gasteiger partial charge on any atom is -0.508 e. The van der Waals surface area contributed by atoms with E-state index in [2.05, 4.69) is 74.1 Å². The van der Waals surface area contributed by atoms with Gasteiger partial charge in [-0.2, -0.15) is 0 Å². The Morgan fingerprint density at radius 1 is 0.523 bits per heavy atom. The van der Waals surface area contributed by atoms with Crippen molar-refractivity contribution in [3.05, 3.63) is 112 Å². The maximum Gasteiger partial charge on any atom is 0.305 e. The van der Waals surface area contributed by atoms with Gasteiger partial charge in [0.2, 0.25) is 94.5 Å². The summed E-state index contributed by atoms with van der Waals surface area (Å²) in [5.74, 6) is -26.7. The van der Waals surface area contributed by atoms with Crippen molar-refractivity contribution in [2.24, 2.45) is 46.6 Å². The summed E-state index contributed by atoms with van der Waals surface area (Å²) in [6, 6.07) is -1.82. The molecule has 17 amide bonds. The van der Waals surface area contributed by atoms with Crippen LogP contribution < -0.4 is 97.5 Å². The molecule has 3 heterocycles. The predicted molar refractivity (Wildman–Crippen MR) is 474 cm³/mol. The van der Waals surface area contributed by atoms with Gasteiger partial charge in [0, 0.05) is 70.8 Å². The molecule has 0 saturated carbocycles. The van der Waals surface area contributed by atoms with Crippen molar-refractivity contribution < 1.29 is 116 Å². The number of benzene rings is 4. The number of nitrogens with zero attached hydrogens (tertiary/aromatic N) is 1. The number of aliphatic hydroxyl groups excluding tert-OH is 1. The molecule has 0 spiro atoms. The van der Waals surface area contributed by atoms with Crippen LogP contribution in [0.15, 0.2) is 100 Å². The fourth-order valence-electron chi connectivity index (χ4n) is 14.8. The lowest BCUT2D eigenvalue weighted by Gasteiger charge is -2.31. The number of carbonyl (C=O) groups is 19. The maximum absolute atomic E-state index is 15.3. The number of carboxylic acid groups (broad SMARTS) is 2. The van der Waals surface area contributed by atoms with Gasteiger partial charge >= 0.3 is 11.9 Å². The van der Waals surface area contributed by atoms with Crippen LogP contribution >= 0.6 is 0 Å². The lowest BCUT2D eigenvalue weighted by atomic mass is 9.90. The summed E-state index contributed by atoms with van der Waals surface area (Å²) in [7, 11) is 0. The number of hydrogen-bond donors (Lipinski definition) is 22. The number of aliphatic hydroxyl groups is 1. The number of hydrogen-bond acceptors (Lipinski definition) is 24. The predicted octanol–water partition coefficient (Wildman–Crippen LogP) is -2.73. The lowest BCUT2D eigenvalue weighted by molar-refractivity contribution is -0.143. The molecule has 7 rings (SSSR count). The molecule has 132 heavy (non-hydrogen) atoms. The Bertz CT molecular complexity index is 5280. The molecule has 1 aliphatic carbocycles. The third kappa shape index (κ3) is 30.6. The largest absolute Gasteiger partial charge is 0.508 e. The van der Waals surface area contributed by atoms with Crippen LogP contribution in [0.25, 0.3) is 44.3 Å². The third-order valence-electron chi connectivity index (χ3n) is 21.6. The number of rotatable bonds is 27. The molecule has 0 radical (unpaired) electrons. The van der Waals surface area contributed by atoms with E-state index in [0.717, 1.165) is 4.90 Å². The van der Waals surface area contributed by atoms with Crippen LogP contribution in [0.3, 0.4) is 0 Å². The van der Waals surface area contributed by atoms with E-state index in [9.17, 15) is 97.1 Å². The van der Waals surface area contributed by atoms with Gasteiger partial charge in [-0.05, 0) is 116 Å². The highest BCUT2D eigenvalue weighted by molar-refractivity contribution is 6.11. The first-order valence-corrected chi connectivity index (χ1v) is 43.0. The van der Waals surface area contributed by atoms with Crippen molar-refractivity contribution in [3.8, 4) is 28.2 Å². The molecule has 44 nitrogen and oxygen atoms in total. The fraction of sp³-hybridized carbons (Fsp3) is 0.477. The van der Waals surface area contributed by atoms with Crippen molar-refractivity contribution in [2.75, 3.05) is 32.8 Å². The molecular formula is C88H117N19O25. The molecule has 0 bridgehead atoms. The molecule has 3 aliphatic rings. The molecule has 44 heteroatoms. The van der Waals surface area contributed by atoms with Crippen molar-refractivity contribution >= 4 is 134 Å². The van der Waals surface area contributed by atoms with E-state index in [0.29, 0.717) is 33.0 Å². The Morgan fingerprint density at radius 2 is 1.03 bits per heavy atom. The molecule has 3 aromatic carbocycles. The number of carbonyl (C=O) groups excluding carboxylic acids is 17. The van der Waals surface area contributed by atoms with E-state index in [-0.39, 0.29) is 79.7 Å². The summed E-state index contributed by atoms with van der Waals surface area (Å²) < 4.78 is 6.06. The van der Waals surface area contributed by atoms with Gasteiger partial charge in [0.15, 0.2) is 5.43 Å². The Morgan fingerprint density at radius 3 is 1.58 bits per heavy atom. The second-order valence-corrected chi connectivity index (χ2v) is 33.5. The minimum absolute atomic E-state index is 0.0366. The molecule has 1 saturated heterocycles. The highest BCUT2D eigenvalue weighted by Crippen LogP contribution is 2.42. The summed E-state index contributed by atoms with van der Waals surface area (Å²) >= 11 is 0. The van der Waals surface area contributed by atoms with E-state index in [1.807, 2.05) is 0 Å². The highest BCUT2D eigenvalue weighted by atomic mass is 16.4. The lowest BCUT2D eigenvalue weighted by Crippen LogP contribution is -2.62. The first-order valence-electron chi connectivity index (χ1n) is 43.0. The van der Waals surface area contributed by atoms with Crippen LogP contribution in [-0.2, 0) is 92.7 Å². The highest BCUT2D eigenvalue weighted by Gasteiger charge is 2.41. The number of carboxylic acids is 2. The summed E-state index contributed by atoms with van der Waals surface area (Å²) in [6.45, 7) is 9.47. The van der Waals surface area contributed by atoms with Gasteiger partial charge in [-0.25, -0.2) is 0 Å². The number of phenolic OH excluding ortho intramolecular Hbond substituents is 1. The average molecular weight is 1840 g/mol. The molecule has 2 aliphatic heterocycles. The molecule has 13 atom stereocenters. The number of phenols is 1. The van der Waals surface area contributed by atoms with Gasteiger partial charge in [-0.3, -0.25) is 95.9 Å². The number of nitrogens with two attached hydrogens (primary N) is 4. The second-order valence-electron chi connectivity index (χ2n) is 33.5. The Kier molecular flexibility index (Phi) is 39.1. The summed E-state index contributed by atoms with van der Waals surface area (Å²) in [4.78, 5) is 287. The summed E-state index contributed by atoms with van der Waals surface area (Å²) in [6.07, 6.45) is -4.97. The van der Waals surface area contributed by atoms with Crippen LogP contribution in [0.5, 0.6) is 5.75 Å². The SMILES string of the molecule is CC[C@H](C)[C@@H]1NC(=O)[C@H](CCCCN)NC(=O)[C@H](CC(C)C)NC(=O)[C@H](CO)NC(=O)[C@H](CC(N)=O)NC(=O)[C@H](Cc2c[nH]c3ccccc23)NC(=O)CC(NC(=O)c2ccccc2-c2c3ccc(=O)cc-3oc3cc(O)ccc23)C(=O)NCCCN(CC(N)=O)C(=O)[C@H](C(C)C)NC(=O)[C@H](CC(=O)O)NC(=O)[C@H](CC(C)C)NC(=O)[C@H](CC(N)=O)NC(=O)[C@H](CC(=O)O)NC1=O. The number of primary amides is 3. The zero-order valence-electron chi connectivity index (χ0n) is 74.2. The van der Waals surface area contributed by atoms with Crippen molar-refractivity contribution in [2.45, 2.75) is 211 Å². The van der Waals surface area contributed by atoms with Gasteiger partial charge < -0.3 is 127 Å². The number of para-hydroxylation sites is 1. The van der Waals surface area contributed by atoms with Crippen molar-refractivity contribution in [1.29, 1.82) is 0 Å². The molecule has 714 valence electrons. The average Bonchev–Trinajstić information content (AvgIpc) is 0.869. The quantitative estimate of drug-likeness (QED) is 0.0184. The van der Waals surface area contributed by atoms with Gasteiger partial charge in [-0.1, -0.05) is 98.2 Å². The Balaban J connectivity index is 1.33. The number of aromatic amines is 1. The third-order valence-corrected chi connectivity index (χ3v) is 21.6. The number of nitrogens with one attached hydrogen (secondary N) is 14. The van der Waals surface area contributed by atoms with Gasteiger partial charge in [0.05, 0.1) is 45.3 Å². The number of H-pyrrole nitrogens is 1. The van der Waals surface area contributed by atoms with E-state index >= 15 is 19.2 Å². The number of aromatic nitrogens is 1. The molecule has 1 aromatic heterocycles. The van der Waals surface area contributed by atoms with Crippen LogP contribution in [-0.4, -0.2) is 248 Å². The molecule has 26 N–H and O–H groups in total. The Labute approximate surface area is 757 Å². The number of fused-ring (bicyclic) bond motifs is 3. The second kappa shape index (κ2) is 49.4. The smallest absolute Gasteiger partial charge is 0.305 e. The number of amides is 17. The molecule has 1 fully saturated rings. The van der Waals surface area contributed by atoms with Gasteiger partial charge in [0.25, 0.3) is 5.91 Å². The summed E-state index contributed by atoms with van der Waals surface area (Å²) in [5, 5.41) is 74.1. The van der Waals surface area contributed by atoms with Crippen LogP contribution in [0.2, 0.25) is 0 Å². The minimum atomic E-state index is -2.14. The number of aliphatic carboxylic acids is 2. The first kappa shape index (κ1) is 105. The van der Waals surface area contributed by atoms with Crippen LogP contribution in [0, 0.1) is 23.7 Å². The zero-order chi connectivity index (χ0) is 97.7. The standard InChI is InChI=1S/C88H117N19O25/c1-9-45(8)75-87(130)103-62(37-71(115)116)84(127)101-59(34-67(90)111)82(125)98-57(30-43(4)5)80(123)102-63(38-72(117)118)85(128)105-74(44(6)7)88(131)107(40-69(92)113)28-16-27-93-77(120)61(97-76(119)51-19-11-10-18-50(51)73-52-24-22-47(109)32-65(52)132-66-33-48(110)23-25-53(66)73)36-70(114)95-58(31-46-39-94-54-20-13-12-17-49(46)54)81(124)100-60(35-68(91)112)83(126)104-64(41-108)86(129)99-56(29-42(2)3)79(122)96-55(78(121)106-75)21-14-15-26-89/h10-13,17-20,22-25,32-33,39,42-45,55-64,74-75,94,108-109H,9,14-16,21,26-31,34-38,40-41,89H2,1-8H3,(H2,90,111)(H2,91,112)(H2,92,113)(H,93,120)(H,95,114)(H,96,122)(H,97,119)(H,98,125)(H,99,129)(H,100,124)(H,101,127)(H,102,123)(H,103,130)(H,104,126)(H,105,128)(H,106,121)(H,115,116)(H,117,118)/t45-,55-,56-,57-,58-,59-,60-,61?,62-,63-,64-,74-,75-/m0/s1. The van der Waals surface area contributed by atoms with Crippen LogP contribution in [0.4, 0.5) is 0 Å². The summed E-state index contributed by atoms with van der Waals surface area (Å²) in [5.41, 5.74) is 23.9. The normalized spacial score (nSPS) is 22.3. The topological polar surface area (TPSA) is 715 Å². The zero-order valence-corrected chi connectivity index (χ0v) is 74.2. The van der Waals surface area contributed by atoms with Crippen molar-refractivity contribution in [3.63, 3.8) is 0 Å². The number of aromatic hydroxyl groups is 1. The first-order chi connectivity index (χ1) is 62.4. The van der Waals surface area contributed by atoms with E-state index in [1.54, 1.807) is 65.0 Å². The molecule has 1 unspecified atom stereocenters. The fourth-order valence-corrected chi connectivity index (χ4v) is 14.8. The van der Waals surface area contributed by atoms with Gasteiger partial charge in [-0.15, -0.1) is 0 Å². The van der Waals surface area contributed by atoms with E-state index in [1.165, 1.54) is 81.6 Å². The molecular weight excluding hydrogens is 1720 g/mol. The monoisotopic (exact) mass is 1840 g/mol. The maximum atomic E-state index is 15.3. The van der Waals surface area contributed by atoms with E-state index < -0.39 is 279 Å².